The number of nitrogens with two attached hydrogens (primary N) is 1. The molecule has 6 aromatic rings. The van der Waals surface area contributed by atoms with Gasteiger partial charge in [-0.1, -0.05) is 50.2 Å². The van der Waals surface area contributed by atoms with Gasteiger partial charge < -0.3 is 11.1 Å². The fourth-order valence-electron chi connectivity index (χ4n) is 4.85. The molecule has 3 aromatic heterocycles. The van der Waals surface area contributed by atoms with E-state index in [9.17, 15) is 9.18 Å². The number of hydrogen-bond acceptors (Lipinski definition) is 8. The summed E-state index contributed by atoms with van der Waals surface area (Å²) in [7, 11) is 0. The molecule has 40 heavy (non-hydrogen) atoms. The van der Waals surface area contributed by atoms with Crippen LogP contribution in [-0.2, 0) is 0 Å². The topological polar surface area (TPSA) is 124 Å². The lowest BCUT2D eigenvalue weighted by Gasteiger charge is -2.26. The first-order chi connectivity index (χ1) is 19.4. The van der Waals surface area contributed by atoms with Crippen molar-refractivity contribution in [2.24, 2.45) is 5.92 Å². The standard InChI is InChI=1S/C30H25FN8O/c1-17(2)26(38-27-25-21(31)11-7-12-22(25)35-16-36-27)28-37-23-13-6-10-20(18-14-33-30(32)34-15-18)24(23)29(40)39(28)19-8-4-3-5-9-19/h3-17,26H,1-2H3,(H2,32,33,34)(H,35,36,38). The summed E-state index contributed by atoms with van der Waals surface area (Å²) < 4.78 is 16.5. The molecule has 0 aliphatic heterocycles. The number of hydrogen-bond donors (Lipinski definition) is 2. The maximum Gasteiger partial charge on any atom is 0.266 e. The molecule has 3 aromatic carbocycles. The Bertz CT molecular complexity index is 1900. The van der Waals surface area contributed by atoms with Gasteiger partial charge in [0.25, 0.3) is 5.56 Å². The van der Waals surface area contributed by atoms with Crippen molar-refractivity contribution in [3.05, 3.63) is 107 Å². The molecule has 0 spiro atoms. The number of benzene rings is 3. The fraction of sp³-hybridized carbons (Fsp3) is 0.133. The largest absolute Gasteiger partial charge is 0.368 e. The van der Waals surface area contributed by atoms with Crippen LogP contribution in [0.4, 0.5) is 16.2 Å². The molecule has 1 atom stereocenters. The van der Waals surface area contributed by atoms with Crippen molar-refractivity contribution < 1.29 is 4.39 Å². The van der Waals surface area contributed by atoms with Crippen LogP contribution in [-0.4, -0.2) is 29.5 Å². The highest BCUT2D eigenvalue weighted by molar-refractivity contribution is 5.94. The summed E-state index contributed by atoms with van der Waals surface area (Å²) in [4.78, 5) is 36.2. The molecule has 6 rings (SSSR count). The van der Waals surface area contributed by atoms with E-state index < -0.39 is 11.9 Å². The van der Waals surface area contributed by atoms with Crippen LogP contribution < -0.4 is 16.6 Å². The first-order valence-corrected chi connectivity index (χ1v) is 12.8. The number of rotatable bonds is 6. The lowest BCUT2D eigenvalue weighted by molar-refractivity contribution is 0.509. The van der Waals surface area contributed by atoms with E-state index in [-0.39, 0.29) is 22.8 Å². The Morgan fingerprint density at radius 3 is 2.33 bits per heavy atom. The Labute approximate surface area is 228 Å². The Balaban J connectivity index is 1.61. The van der Waals surface area contributed by atoms with Crippen LogP contribution in [0, 0.1) is 11.7 Å². The van der Waals surface area contributed by atoms with Crippen LogP contribution in [0.25, 0.3) is 38.6 Å². The van der Waals surface area contributed by atoms with Crippen LogP contribution in [0.5, 0.6) is 0 Å². The van der Waals surface area contributed by atoms with Gasteiger partial charge in [0.1, 0.15) is 23.8 Å². The second-order valence-electron chi connectivity index (χ2n) is 9.70. The summed E-state index contributed by atoms with van der Waals surface area (Å²) in [5, 5.41) is 4.08. The number of anilines is 2. The van der Waals surface area contributed by atoms with Crippen LogP contribution in [0.15, 0.2) is 90.2 Å². The fourth-order valence-corrected chi connectivity index (χ4v) is 4.85. The Kier molecular flexibility index (Phi) is 6.35. The first kappa shape index (κ1) is 25.1. The normalized spacial score (nSPS) is 12.2. The number of halogens is 1. The summed E-state index contributed by atoms with van der Waals surface area (Å²) in [6, 6.07) is 19.0. The van der Waals surface area contributed by atoms with E-state index in [0.717, 1.165) is 0 Å². The summed E-state index contributed by atoms with van der Waals surface area (Å²) in [6.07, 6.45) is 4.57. The second-order valence-corrected chi connectivity index (χ2v) is 9.70. The van der Waals surface area contributed by atoms with Gasteiger partial charge in [-0.15, -0.1) is 0 Å². The number of para-hydroxylation sites is 1. The second kappa shape index (κ2) is 10.1. The third kappa shape index (κ3) is 4.39. The summed E-state index contributed by atoms with van der Waals surface area (Å²) in [5.41, 5.74) is 8.35. The molecule has 0 saturated heterocycles. The molecular formula is C30H25FN8O. The Morgan fingerprint density at radius 1 is 0.850 bits per heavy atom. The van der Waals surface area contributed by atoms with E-state index in [1.165, 1.54) is 12.4 Å². The quantitative estimate of drug-likeness (QED) is 0.295. The van der Waals surface area contributed by atoms with E-state index in [0.29, 0.717) is 44.9 Å². The van der Waals surface area contributed by atoms with Gasteiger partial charge in [0.05, 0.1) is 33.5 Å². The predicted molar refractivity (Wildman–Crippen MR) is 153 cm³/mol. The van der Waals surface area contributed by atoms with E-state index in [2.05, 4.69) is 25.3 Å². The van der Waals surface area contributed by atoms with Gasteiger partial charge in [-0.05, 0) is 41.8 Å². The number of nitrogen functional groups attached to an aromatic ring is 1. The highest BCUT2D eigenvalue weighted by Crippen LogP contribution is 2.32. The molecule has 0 aliphatic carbocycles. The molecule has 9 nitrogen and oxygen atoms in total. The van der Waals surface area contributed by atoms with Crippen LogP contribution in [0.1, 0.15) is 25.7 Å². The Morgan fingerprint density at radius 2 is 1.57 bits per heavy atom. The molecule has 198 valence electrons. The Hall–Kier alpha value is -5.25. The zero-order valence-electron chi connectivity index (χ0n) is 21.8. The van der Waals surface area contributed by atoms with Crippen molar-refractivity contribution in [1.29, 1.82) is 0 Å². The zero-order chi connectivity index (χ0) is 27.8. The lowest BCUT2D eigenvalue weighted by Crippen LogP contribution is -2.31. The van der Waals surface area contributed by atoms with E-state index in [4.69, 9.17) is 10.7 Å². The highest BCUT2D eigenvalue weighted by atomic mass is 19.1. The number of nitrogens with one attached hydrogen (secondary N) is 1. The predicted octanol–water partition coefficient (Wildman–Crippen LogP) is 5.32. The maximum absolute atomic E-state index is 14.9. The third-order valence-electron chi connectivity index (χ3n) is 6.77. The molecule has 0 radical (unpaired) electrons. The summed E-state index contributed by atoms with van der Waals surface area (Å²) in [6.45, 7) is 4.01. The minimum absolute atomic E-state index is 0.0650. The molecule has 0 fully saturated rings. The van der Waals surface area contributed by atoms with E-state index in [1.807, 2.05) is 56.3 Å². The third-order valence-corrected chi connectivity index (χ3v) is 6.77. The number of nitrogens with zero attached hydrogens (tertiary/aromatic N) is 6. The highest BCUT2D eigenvalue weighted by Gasteiger charge is 2.26. The van der Waals surface area contributed by atoms with Crippen LogP contribution >= 0.6 is 0 Å². The van der Waals surface area contributed by atoms with Crippen molar-refractivity contribution in [1.82, 2.24) is 29.5 Å². The zero-order valence-corrected chi connectivity index (χ0v) is 21.8. The number of aromatic nitrogens is 6. The molecule has 1 unspecified atom stereocenters. The summed E-state index contributed by atoms with van der Waals surface area (Å²) >= 11 is 0. The van der Waals surface area contributed by atoms with Crippen LogP contribution in [0.3, 0.4) is 0 Å². The molecule has 3 heterocycles. The van der Waals surface area contributed by atoms with Crippen molar-refractivity contribution in [2.75, 3.05) is 11.1 Å². The minimum atomic E-state index is -0.515. The monoisotopic (exact) mass is 532 g/mol. The summed E-state index contributed by atoms with van der Waals surface area (Å²) in [5.74, 6) is 0.428. The molecule has 0 aliphatic rings. The van der Waals surface area contributed by atoms with Gasteiger partial charge in [-0.3, -0.25) is 9.36 Å². The van der Waals surface area contributed by atoms with E-state index in [1.54, 1.807) is 35.2 Å². The lowest BCUT2D eigenvalue weighted by atomic mass is 10.0. The van der Waals surface area contributed by atoms with Gasteiger partial charge in [0.2, 0.25) is 5.95 Å². The van der Waals surface area contributed by atoms with Gasteiger partial charge >= 0.3 is 0 Å². The van der Waals surface area contributed by atoms with Crippen LogP contribution in [0.2, 0.25) is 0 Å². The van der Waals surface area contributed by atoms with Crippen molar-refractivity contribution in [3.63, 3.8) is 0 Å². The van der Waals surface area contributed by atoms with Gasteiger partial charge in [0.15, 0.2) is 0 Å². The molecule has 10 heteroatoms. The minimum Gasteiger partial charge on any atom is -0.368 e. The molecule has 0 bridgehead atoms. The van der Waals surface area contributed by atoms with Crippen molar-refractivity contribution >= 4 is 33.6 Å². The maximum atomic E-state index is 14.9. The molecule has 0 amide bonds. The SMILES string of the molecule is CC(C)C(Nc1ncnc2cccc(F)c12)c1nc2cccc(-c3cnc(N)nc3)c2c(=O)n1-c1ccccc1. The smallest absolute Gasteiger partial charge is 0.266 e. The average Bonchev–Trinajstić information content (AvgIpc) is 2.96. The van der Waals surface area contributed by atoms with Gasteiger partial charge in [-0.25, -0.2) is 29.3 Å². The average molecular weight is 533 g/mol. The van der Waals surface area contributed by atoms with E-state index >= 15 is 0 Å². The molecule has 3 N–H and O–H groups in total. The molecular weight excluding hydrogens is 507 g/mol. The number of fused-ring (bicyclic) bond motifs is 2. The van der Waals surface area contributed by atoms with Gasteiger partial charge in [0, 0.05) is 18.0 Å². The van der Waals surface area contributed by atoms with Crippen molar-refractivity contribution in [3.8, 4) is 16.8 Å². The first-order valence-electron chi connectivity index (χ1n) is 12.8. The molecule has 0 saturated carbocycles. The van der Waals surface area contributed by atoms with Crippen molar-refractivity contribution in [2.45, 2.75) is 19.9 Å². The van der Waals surface area contributed by atoms with Gasteiger partial charge in [-0.2, -0.15) is 0 Å².